The number of nitrogens with zero attached hydrogens (tertiary/aromatic N) is 1. The van der Waals surface area contributed by atoms with Crippen molar-refractivity contribution in [3.05, 3.63) is 88.6 Å². The lowest BCUT2D eigenvalue weighted by atomic mass is 10.1. The number of nitrogens with one attached hydrogen (secondary N) is 2. The summed E-state index contributed by atoms with van der Waals surface area (Å²) in [4.78, 5) is 37.8. The monoisotopic (exact) mass is 429 g/mol. The van der Waals surface area contributed by atoms with Gasteiger partial charge in [-0.3, -0.25) is 25.2 Å². The van der Waals surface area contributed by atoms with Crippen molar-refractivity contribution in [2.45, 2.75) is 19.9 Å². The highest BCUT2D eigenvalue weighted by atomic mass is 16.5. The Morgan fingerprint density at radius 1 is 0.844 bits per heavy atom. The number of hydrazine groups is 1. The molecule has 0 aliphatic rings. The van der Waals surface area contributed by atoms with Crippen LogP contribution in [0.25, 0.3) is 21.8 Å². The van der Waals surface area contributed by atoms with Gasteiger partial charge >= 0.3 is 0 Å². The molecule has 7 nitrogen and oxygen atoms in total. The maximum Gasteiger partial charge on any atom is 0.269 e. The van der Waals surface area contributed by atoms with E-state index in [0.29, 0.717) is 39.7 Å². The Balaban J connectivity index is 1.50. The molecule has 4 rings (SSSR count). The van der Waals surface area contributed by atoms with Crippen molar-refractivity contribution in [3.8, 4) is 5.75 Å². The summed E-state index contributed by atoms with van der Waals surface area (Å²) in [6.45, 7) is 2.56. The molecule has 2 amide bonds. The Kier molecular flexibility index (Phi) is 6.17. The molecule has 0 atom stereocenters. The number of pyridine rings is 1. The molecule has 2 N–H and O–H groups in total. The van der Waals surface area contributed by atoms with Crippen molar-refractivity contribution < 1.29 is 14.3 Å². The molecule has 0 unspecified atom stereocenters. The molecular weight excluding hydrogens is 406 g/mol. The predicted molar refractivity (Wildman–Crippen MR) is 124 cm³/mol. The van der Waals surface area contributed by atoms with Crippen LogP contribution in [0.15, 0.2) is 77.6 Å². The summed E-state index contributed by atoms with van der Waals surface area (Å²) in [5, 5.41) is 1.07. The van der Waals surface area contributed by atoms with Gasteiger partial charge < -0.3 is 9.30 Å². The molecule has 1 heterocycles. The number of fused-ring (bicyclic) bond motifs is 2. The third-order valence-corrected chi connectivity index (χ3v) is 5.09. The average Bonchev–Trinajstić information content (AvgIpc) is 2.84. The maximum atomic E-state index is 12.8. The van der Waals surface area contributed by atoms with Gasteiger partial charge in [-0.2, -0.15) is 0 Å². The number of carbonyl (C=O) groups excluding carboxylic acids is 2. The minimum Gasteiger partial charge on any atom is -0.494 e. The van der Waals surface area contributed by atoms with E-state index in [0.717, 1.165) is 6.42 Å². The number of para-hydroxylation sites is 2. The summed E-state index contributed by atoms with van der Waals surface area (Å²) in [5.41, 5.74) is 6.51. The number of benzene rings is 3. The van der Waals surface area contributed by atoms with Crippen LogP contribution in [-0.4, -0.2) is 23.0 Å². The van der Waals surface area contributed by atoms with Crippen LogP contribution in [0.4, 0.5) is 0 Å². The van der Waals surface area contributed by atoms with Crippen LogP contribution < -0.4 is 21.0 Å². The lowest BCUT2D eigenvalue weighted by Gasteiger charge is -2.15. The Morgan fingerprint density at radius 3 is 2.03 bits per heavy atom. The van der Waals surface area contributed by atoms with Gasteiger partial charge in [0.1, 0.15) is 12.3 Å². The van der Waals surface area contributed by atoms with E-state index in [4.69, 9.17) is 4.74 Å². The molecule has 162 valence electrons. The number of ether oxygens (including phenoxy) is 1. The zero-order valence-corrected chi connectivity index (χ0v) is 17.6. The standard InChI is InChI=1S/C25H23N3O4/c1-2-15-32-18-13-11-17(12-14-18)25(31)27-26-23(29)16-28-21-9-5-3-7-19(21)24(30)20-8-4-6-10-22(20)28/h3-14H,2,15-16H2,1H3,(H,26,29)(H,27,31). The Bertz CT molecular complexity index is 1280. The molecule has 0 aliphatic carbocycles. The fourth-order valence-electron chi connectivity index (χ4n) is 3.55. The molecule has 4 aromatic rings. The molecule has 1 aromatic heterocycles. The molecule has 0 fully saturated rings. The Labute approximate surface area is 184 Å². The molecule has 0 radical (unpaired) electrons. The minimum atomic E-state index is -0.435. The van der Waals surface area contributed by atoms with E-state index >= 15 is 0 Å². The molecule has 0 aliphatic heterocycles. The molecular formula is C25H23N3O4. The van der Waals surface area contributed by atoms with Crippen molar-refractivity contribution in [1.82, 2.24) is 15.4 Å². The van der Waals surface area contributed by atoms with Crippen LogP contribution in [0.1, 0.15) is 23.7 Å². The van der Waals surface area contributed by atoms with Crippen LogP contribution in [0.5, 0.6) is 5.75 Å². The van der Waals surface area contributed by atoms with Gasteiger partial charge in [-0.15, -0.1) is 0 Å². The van der Waals surface area contributed by atoms with Crippen molar-refractivity contribution in [2.24, 2.45) is 0 Å². The fourth-order valence-corrected chi connectivity index (χ4v) is 3.55. The van der Waals surface area contributed by atoms with Crippen molar-refractivity contribution in [3.63, 3.8) is 0 Å². The number of amides is 2. The van der Waals surface area contributed by atoms with Gasteiger partial charge in [0.25, 0.3) is 11.8 Å². The van der Waals surface area contributed by atoms with E-state index in [2.05, 4.69) is 10.9 Å². The normalized spacial score (nSPS) is 10.8. The number of aromatic nitrogens is 1. The zero-order chi connectivity index (χ0) is 22.5. The SMILES string of the molecule is CCCOc1ccc(C(=O)NNC(=O)Cn2c3ccccc3c(=O)c3ccccc32)cc1. The molecule has 0 spiro atoms. The summed E-state index contributed by atoms with van der Waals surface area (Å²) in [7, 11) is 0. The first-order valence-corrected chi connectivity index (χ1v) is 10.4. The number of rotatable bonds is 6. The largest absolute Gasteiger partial charge is 0.494 e. The third-order valence-electron chi connectivity index (χ3n) is 5.09. The van der Waals surface area contributed by atoms with Crippen LogP contribution >= 0.6 is 0 Å². The predicted octanol–water partition coefficient (Wildman–Crippen LogP) is 3.40. The van der Waals surface area contributed by atoms with Crippen molar-refractivity contribution >= 4 is 33.6 Å². The van der Waals surface area contributed by atoms with E-state index in [1.807, 2.05) is 19.1 Å². The third kappa shape index (κ3) is 4.32. The van der Waals surface area contributed by atoms with Gasteiger partial charge in [0, 0.05) is 16.3 Å². The fraction of sp³-hybridized carbons (Fsp3) is 0.160. The summed E-state index contributed by atoms with van der Waals surface area (Å²) in [6, 6.07) is 21.0. The van der Waals surface area contributed by atoms with Crippen LogP contribution in [-0.2, 0) is 11.3 Å². The number of carbonyl (C=O) groups is 2. The minimum absolute atomic E-state index is 0.0641. The molecule has 7 heteroatoms. The van der Waals surface area contributed by atoms with E-state index in [-0.39, 0.29) is 12.0 Å². The van der Waals surface area contributed by atoms with Crippen molar-refractivity contribution in [2.75, 3.05) is 6.61 Å². The first-order valence-electron chi connectivity index (χ1n) is 10.4. The highest BCUT2D eigenvalue weighted by molar-refractivity contribution is 5.97. The average molecular weight is 429 g/mol. The summed E-state index contributed by atoms with van der Waals surface area (Å²) >= 11 is 0. The molecule has 32 heavy (non-hydrogen) atoms. The molecule has 3 aromatic carbocycles. The van der Waals surface area contributed by atoms with Crippen LogP contribution in [0, 0.1) is 0 Å². The van der Waals surface area contributed by atoms with E-state index in [1.54, 1.807) is 65.2 Å². The highest BCUT2D eigenvalue weighted by Crippen LogP contribution is 2.19. The van der Waals surface area contributed by atoms with Gasteiger partial charge in [-0.05, 0) is 55.0 Å². The van der Waals surface area contributed by atoms with E-state index in [1.165, 1.54) is 0 Å². The van der Waals surface area contributed by atoms with Gasteiger partial charge in [-0.25, -0.2) is 0 Å². The lowest BCUT2D eigenvalue weighted by Crippen LogP contribution is -2.43. The van der Waals surface area contributed by atoms with Gasteiger partial charge in [-0.1, -0.05) is 31.2 Å². The van der Waals surface area contributed by atoms with Gasteiger partial charge in [0.05, 0.1) is 17.6 Å². The van der Waals surface area contributed by atoms with Gasteiger partial charge in [0.2, 0.25) is 0 Å². The topological polar surface area (TPSA) is 89.4 Å². The first-order chi connectivity index (χ1) is 15.6. The number of hydrogen-bond acceptors (Lipinski definition) is 4. The van der Waals surface area contributed by atoms with Crippen molar-refractivity contribution in [1.29, 1.82) is 0 Å². The second kappa shape index (κ2) is 9.34. The summed E-state index contributed by atoms with van der Waals surface area (Å²) in [5.74, 6) is -0.167. The van der Waals surface area contributed by atoms with E-state index < -0.39 is 11.8 Å². The maximum absolute atomic E-state index is 12.8. The zero-order valence-electron chi connectivity index (χ0n) is 17.6. The molecule has 0 saturated carbocycles. The van der Waals surface area contributed by atoms with Gasteiger partial charge in [0.15, 0.2) is 5.43 Å². The van der Waals surface area contributed by atoms with E-state index in [9.17, 15) is 14.4 Å². The summed E-state index contributed by atoms with van der Waals surface area (Å²) < 4.78 is 7.28. The second-order valence-electron chi connectivity index (χ2n) is 7.32. The van der Waals surface area contributed by atoms with Crippen LogP contribution in [0.3, 0.4) is 0 Å². The number of hydrogen-bond donors (Lipinski definition) is 2. The highest BCUT2D eigenvalue weighted by Gasteiger charge is 2.13. The smallest absolute Gasteiger partial charge is 0.269 e. The second-order valence-corrected chi connectivity index (χ2v) is 7.32. The Morgan fingerprint density at radius 2 is 1.44 bits per heavy atom. The molecule has 0 bridgehead atoms. The Hall–Kier alpha value is -4.13. The molecule has 0 saturated heterocycles. The summed E-state index contributed by atoms with van der Waals surface area (Å²) in [6.07, 6.45) is 0.897. The lowest BCUT2D eigenvalue weighted by molar-refractivity contribution is -0.122. The van der Waals surface area contributed by atoms with Crippen LogP contribution in [0.2, 0.25) is 0 Å². The quantitative estimate of drug-likeness (QED) is 0.363. The first kappa shape index (κ1) is 21.1.